The van der Waals surface area contributed by atoms with E-state index in [2.05, 4.69) is 37.0 Å². The number of rotatable bonds is 4. The van der Waals surface area contributed by atoms with Crippen molar-refractivity contribution in [2.24, 2.45) is 0 Å². The number of fused-ring (bicyclic) bond motifs is 1. The van der Waals surface area contributed by atoms with Crippen molar-refractivity contribution in [3.63, 3.8) is 0 Å². The Morgan fingerprint density at radius 3 is 2.62 bits per heavy atom. The van der Waals surface area contributed by atoms with Crippen molar-refractivity contribution in [1.82, 2.24) is 4.98 Å². The highest BCUT2D eigenvalue weighted by Crippen LogP contribution is 2.30. The molecule has 1 atom stereocenters. The number of carbonyl (C=O) groups excluding carboxylic acids is 1. The van der Waals surface area contributed by atoms with Gasteiger partial charge in [-0.15, -0.1) is 0 Å². The summed E-state index contributed by atoms with van der Waals surface area (Å²) in [6, 6.07) is 15.8. The molecule has 2 heteroatoms. The molecule has 0 fully saturated rings. The van der Waals surface area contributed by atoms with Gasteiger partial charge < -0.3 is 4.98 Å². The number of ketones is 1. The first-order chi connectivity index (χ1) is 10.2. The van der Waals surface area contributed by atoms with Gasteiger partial charge in [0, 0.05) is 29.1 Å². The zero-order chi connectivity index (χ0) is 14.8. The van der Waals surface area contributed by atoms with Crippen molar-refractivity contribution in [3.05, 3.63) is 71.4 Å². The molecular weight excluding hydrogens is 258 g/mol. The number of benzene rings is 2. The minimum atomic E-state index is 0.200. The Bertz CT molecular complexity index is 771. The SMILES string of the molecule is Cc1cccc2[nH]cc(C(C)CC(=O)c3ccccc3)c12. The Morgan fingerprint density at radius 1 is 1.10 bits per heavy atom. The average molecular weight is 277 g/mol. The van der Waals surface area contributed by atoms with Gasteiger partial charge in [0.25, 0.3) is 0 Å². The number of aryl methyl sites for hydroxylation is 1. The second-order valence-corrected chi connectivity index (χ2v) is 5.64. The smallest absolute Gasteiger partial charge is 0.163 e. The molecule has 3 rings (SSSR count). The summed E-state index contributed by atoms with van der Waals surface area (Å²) in [4.78, 5) is 15.7. The van der Waals surface area contributed by atoms with Crippen LogP contribution in [0.4, 0.5) is 0 Å². The molecule has 0 aliphatic heterocycles. The third-order valence-corrected chi connectivity index (χ3v) is 4.06. The first-order valence-electron chi connectivity index (χ1n) is 7.31. The van der Waals surface area contributed by atoms with Gasteiger partial charge in [0.05, 0.1) is 0 Å². The van der Waals surface area contributed by atoms with Crippen LogP contribution < -0.4 is 0 Å². The van der Waals surface area contributed by atoms with Gasteiger partial charge in [-0.25, -0.2) is 0 Å². The summed E-state index contributed by atoms with van der Waals surface area (Å²) in [6.07, 6.45) is 2.58. The van der Waals surface area contributed by atoms with Gasteiger partial charge in [0.2, 0.25) is 0 Å². The van der Waals surface area contributed by atoms with Crippen LogP contribution >= 0.6 is 0 Å². The summed E-state index contributed by atoms with van der Waals surface area (Å²) < 4.78 is 0. The molecule has 2 nitrogen and oxygen atoms in total. The predicted molar refractivity (Wildman–Crippen MR) is 86.8 cm³/mol. The fourth-order valence-corrected chi connectivity index (χ4v) is 2.92. The number of aromatic nitrogens is 1. The fourth-order valence-electron chi connectivity index (χ4n) is 2.92. The van der Waals surface area contributed by atoms with E-state index in [0.717, 1.165) is 11.1 Å². The van der Waals surface area contributed by atoms with Gasteiger partial charge >= 0.3 is 0 Å². The second kappa shape index (κ2) is 5.57. The number of hydrogen-bond donors (Lipinski definition) is 1. The molecule has 1 heterocycles. The third kappa shape index (κ3) is 2.62. The summed E-state index contributed by atoms with van der Waals surface area (Å²) in [7, 11) is 0. The Labute approximate surface area is 124 Å². The summed E-state index contributed by atoms with van der Waals surface area (Å²) in [5.41, 5.74) is 4.42. The molecule has 106 valence electrons. The highest BCUT2D eigenvalue weighted by atomic mass is 16.1. The van der Waals surface area contributed by atoms with Crippen LogP contribution in [0.15, 0.2) is 54.7 Å². The van der Waals surface area contributed by atoms with E-state index < -0.39 is 0 Å². The quantitative estimate of drug-likeness (QED) is 0.679. The van der Waals surface area contributed by atoms with Crippen LogP contribution in [0, 0.1) is 6.92 Å². The van der Waals surface area contributed by atoms with Gasteiger partial charge in [-0.3, -0.25) is 4.79 Å². The highest BCUT2D eigenvalue weighted by Gasteiger charge is 2.17. The first kappa shape index (κ1) is 13.6. The molecule has 1 aromatic heterocycles. The van der Waals surface area contributed by atoms with Gasteiger partial charge in [0.15, 0.2) is 5.78 Å². The monoisotopic (exact) mass is 277 g/mol. The average Bonchev–Trinajstić information content (AvgIpc) is 2.93. The molecule has 21 heavy (non-hydrogen) atoms. The summed E-state index contributed by atoms with van der Waals surface area (Å²) in [5, 5.41) is 1.26. The van der Waals surface area contributed by atoms with Crippen LogP contribution in [0.1, 0.15) is 40.7 Å². The maximum absolute atomic E-state index is 12.4. The van der Waals surface area contributed by atoms with E-state index in [4.69, 9.17) is 0 Å². The number of carbonyl (C=O) groups is 1. The molecule has 0 bridgehead atoms. The summed E-state index contributed by atoms with van der Waals surface area (Å²) in [6.45, 7) is 4.24. The first-order valence-corrected chi connectivity index (χ1v) is 7.31. The number of hydrogen-bond acceptors (Lipinski definition) is 1. The topological polar surface area (TPSA) is 32.9 Å². The van der Waals surface area contributed by atoms with Crippen LogP contribution in [0.2, 0.25) is 0 Å². The summed E-state index contributed by atoms with van der Waals surface area (Å²) in [5.74, 6) is 0.401. The lowest BCUT2D eigenvalue weighted by molar-refractivity contribution is 0.0976. The van der Waals surface area contributed by atoms with Crippen LogP contribution in [-0.2, 0) is 0 Å². The van der Waals surface area contributed by atoms with Gasteiger partial charge in [0.1, 0.15) is 0 Å². The number of H-pyrrole nitrogens is 1. The molecule has 0 aliphatic carbocycles. The molecule has 0 amide bonds. The molecule has 0 aliphatic rings. The van der Waals surface area contributed by atoms with E-state index in [-0.39, 0.29) is 11.7 Å². The maximum Gasteiger partial charge on any atom is 0.163 e. The molecule has 0 radical (unpaired) electrons. The van der Waals surface area contributed by atoms with Crippen LogP contribution in [0.5, 0.6) is 0 Å². The molecule has 1 unspecified atom stereocenters. The molecular formula is C19H19NO. The van der Waals surface area contributed by atoms with Crippen LogP contribution in [-0.4, -0.2) is 10.8 Å². The van der Waals surface area contributed by atoms with Gasteiger partial charge in [-0.05, 0) is 30.0 Å². The van der Waals surface area contributed by atoms with E-state index in [0.29, 0.717) is 6.42 Å². The second-order valence-electron chi connectivity index (χ2n) is 5.64. The normalized spacial score (nSPS) is 12.5. The van der Waals surface area contributed by atoms with E-state index in [1.807, 2.05) is 36.5 Å². The largest absolute Gasteiger partial charge is 0.361 e. The Balaban J connectivity index is 1.88. The molecule has 0 saturated carbocycles. The fraction of sp³-hybridized carbons (Fsp3) is 0.211. The standard InChI is InChI=1S/C19H19NO/c1-13-7-6-10-17-19(13)16(12-20-17)14(2)11-18(21)15-8-4-3-5-9-15/h3-10,12,14,20H,11H2,1-2H3. The molecule has 3 aromatic rings. The molecule has 0 saturated heterocycles. The Morgan fingerprint density at radius 2 is 1.86 bits per heavy atom. The number of nitrogens with one attached hydrogen (secondary N) is 1. The predicted octanol–water partition coefficient (Wildman–Crippen LogP) is 4.85. The van der Waals surface area contributed by atoms with E-state index in [1.165, 1.54) is 16.5 Å². The Kier molecular flexibility index (Phi) is 3.61. The van der Waals surface area contributed by atoms with E-state index in [9.17, 15) is 4.79 Å². The van der Waals surface area contributed by atoms with E-state index in [1.54, 1.807) is 0 Å². The molecule has 1 N–H and O–H groups in total. The minimum absolute atomic E-state index is 0.200. The van der Waals surface area contributed by atoms with Crippen molar-refractivity contribution in [1.29, 1.82) is 0 Å². The van der Waals surface area contributed by atoms with Gasteiger partial charge in [-0.1, -0.05) is 49.4 Å². The van der Waals surface area contributed by atoms with Crippen molar-refractivity contribution in [2.45, 2.75) is 26.2 Å². The zero-order valence-corrected chi connectivity index (χ0v) is 12.4. The lowest BCUT2D eigenvalue weighted by Crippen LogP contribution is -2.04. The highest BCUT2D eigenvalue weighted by molar-refractivity contribution is 5.97. The van der Waals surface area contributed by atoms with Crippen molar-refractivity contribution >= 4 is 16.7 Å². The lowest BCUT2D eigenvalue weighted by atomic mass is 9.92. The maximum atomic E-state index is 12.4. The Hall–Kier alpha value is -2.35. The molecule has 0 spiro atoms. The van der Waals surface area contributed by atoms with Crippen LogP contribution in [0.3, 0.4) is 0 Å². The van der Waals surface area contributed by atoms with Gasteiger partial charge in [-0.2, -0.15) is 0 Å². The number of aromatic amines is 1. The zero-order valence-electron chi connectivity index (χ0n) is 12.4. The lowest BCUT2D eigenvalue weighted by Gasteiger charge is -2.11. The minimum Gasteiger partial charge on any atom is -0.361 e. The summed E-state index contributed by atoms with van der Waals surface area (Å²) >= 11 is 0. The number of Topliss-reactive ketones (excluding diaryl/α,β-unsaturated/α-hetero) is 1. The molecule has 2 aromatic carbocycles. The van der Waals surface area contributed by atoms with Crippen molar-refractivity contribution in [2.75, 3.05) is 0 Å². The van der Waals surface area contributed by atoms with Crippen LogP contribution in [0.25, 0.3) is 10.9 Å². The van der Waals surface area contributed by atoms with Crippen molar-refractivity contribution < 1.29 is 4.79 Å². The third-order valence-electron chi connectivity index (χ3n) is 4.06. The van der Waals surface area contributed by atoms with E-state index >= 15 is 0 Å². The van der Waals surface area contributed by atoms with Crippen molar-refractivity contribution in [3.8, 4) is 0 Å².